The average Bonchev–Trinajstić information content (AvgIpc) is 2.07. The van der Waals surface area contributed by atoms with Crippen molar-refractivity contribution in [2.45, 2.75) is 12.8 Å². The van der Waals surface area contributed by atoms with Gasteiger partial charge in [-0.2, -0.15) is 0 Å². The van der Waals surface area contributed by atoms with E-state index < -0.39 is 0 Å². The standard InChI is InChI=1S/C9H12N2/c1-8(6-10-2)9-4-3-5-11-7-9/h3-8H,1-2H3. The lowest BCUT2D eigenvalue weighted by atomic mass is 10.1. The molecule has 0 aliphatic rings. The second-order valence-corrected chi connectivity index (χ2v) is 2.48. The predicted molar refractivity (Wildman–Crippen MR) is 47.1 cm³/mol. The summed E-state index contributed by atoms with van der Waals surface area (Å²) in [4.78, 5) is 7.99. The van der Waals surface area contributed by atoms with Crippen molar-refractivity contribution in [1.29, 1.82) is 0 Å². The highest BCUT2D eigenvalue weighted by atomic mass is 14.6. The molecule has 1 aromatic heterocycles. The van der Waals surface area contributed by atoms with Crippen LogP contribution in [-0.2, 0) is 0 Å². The van der Waals surface area contributed by atoms with E-state index in [2.05, 4.69) is 23.0 Å². The highest BCUT2D eigenvalue weighted by molar-refractivity contribution is 5.66. The van der Waals surface area contributed by atoms with Crippen LogP contribution in [0.4, 0.5) is 0 Å². The summed E-state index contributed by atoms with van der Waals surface area (Å²) >= 11 is 0. The molecule has 0 aromatic carbocycles. The van der Waals surface area contributed by atoms with Crippen molar-refractivity contribution >= 4 is 6.21 Å². The Bertz CT molecular complexity index is 229. The Morgan fingerprint density at radius 3 is 3.00 bits per heavy atom. The van der Waals surface area contributed by atoms with Crippen LogP contribution in [0.3, 0.4) is 0 Å². The second-order valence-electron chi connectivity index (χ2n) is 2.48. The van der Waals surface area contributed by atoms with E-state index in [9.17, 15) is 0 Å². The predicted octanol–water partition coefficient (Wildman–Crippen LogP) is 1.89. The molecule has 0 spiro atoms. The van der Waals surface area contributed by atoms with E-state index in [0.29, 0.717) is 5.92 Å². The largest absolute Gasteiger partial charge is 0.300 e. The Kier molecular flexibility index (Phi) is 2.78. The summed E-state index contributed by atoms with van der Waals surface area (Å²) in [5.74, 6) is 0.369. The summed E-state index contributed by atoms with van der Waals surface area (Å²) in [6.07, 6.45) is 5.56. The summed E-state index contributed by atoms with van der Waals surface area (Å²) in [6.45, 7) is 2.10. The van der Waals surface area contributed by atoms with E-state index in [1.165, 1.54) is 5.56 Å². The zero-order valence-electron chi connectivity index (χ0n) is 6.86. The van der Waals surface area contributed by atoms with Crippen LogP contribution in [0.2, 0.25) is 0 Å². The van der Waals surface area contributed by atoms with Crippen LogP contribution in [0.25, 0.3) is 0 Å². The molecule has 0 fully saturated rings. The molecule has 2 nitrogen and oxygen atoms in total. The molecule has 0 saturated heterocycles. The van der Waals surface area contributed by atoms with Gasteiger partial charge in [0.2, 0.25) is 0 Å². The normalized spacial score (nSPS) is 13.6. The zero-order valence-corrected chi connectivity index (χ0v) is 6.86. The van der Waals surface area contributed by atoms with E-state index in [1.807, 2.05) is 18.5 Å². The number of hydrogen-bond acceptors (Lipinski definition) is 2. The van der Waals surface area contributed by atoms with Crippen molar-refractivity contribution in [3.05, 3.63) is 30.1 Å². The fraction of sp³-hybridized carbons (Fsp3) is 0.333. The van der Waals surface area contributed by atoms with Gasteiger partial charge in [-0.15, -0.1) is 0 Å². The Hall–Kier alpha value is -1.18. The number of nitrogens with zero attached hydrogens (tertiary/aromatic N) is 2. The highest BCUT2D eigenvalue weighted by Gasteiger charge is 1.99. The van der Waals surface area contributed by atoms with E-state index in [1.54, 1.807) is 13.2 Å². The topological polar surface area (TPSA) is 25.2 Å². The molecule has 11 heavy (non-hydrogen) atoms. The van der Waals surface area contributed by atoms with Gasteiger partial charge in [0, 0.05) is 31.6 Å². The van der Waals surface area contributed by atoms with Crippen LogP contribution in [0.1, 0.15) is 18.4 Å². The molecule has 2 heteroatoms. The monoisotopic (exact) mass is 148 g/mol. The number of aliphatic imine (C=N–C) groups is 1. The maximum absolute atomic E-state index is 4.03. The van der Waals surface area contributed by atoms with Gasteiger partial charge in [0.15, 0.2) is 0 Å². The third kappa shape index (κ3) is 2.15. The molecule has 1 rings (SSSR count). The SMILES string of the molecule is CN=CC(C)c1cccnc1. The molecule has 1 aromatic rings. The summed E-state index contributed by atoms with van der Waals surface area (Å²) in [5.41, 5.74) is 1.21. The van der Waals surface area contributed by atoms with Crippen LogP contribution >= 0.6 is 0 Å². The Morgan fingerprint density at radius 1 is 1.64 bits per heavy atom. The first kappa shape index (κ1) is 7.92. The average molecular weight is 148 g/mol. The molecule has 0 aliphatic heterocycles. The Balaban J connectivity index is 2.76. The van der Waals surface area contributed by atoms with Gasteiger partial charge < -0.3 is 4.99 Å². The molecule has 0 saturated carbocycles. The molecule has 1 unspecified atom stereocenters. The Labute approximate surface area is 67.0 Å². The molecule has 0 amide bonds. The van der Waals surface area contributed by atoms with Gasteiger partial charge >= 0.3 is 0 Å². The summed E-state index contributed by atoms with van der Waals surface area (Å²) < 4.78 is 0. The molecule has 0 radical (unpaired) electrons. The van der Waals surface area contributed by atoms with Gasteiger partial charge in [-0.25, -0.2) is 0 Å². The van der Waals surface area contributed by atoms with Gasteiger partial charge in [-0.3, -0.25) is 4.98 Å². The molecule has 0 aliphatic carbocycles. The van der Waals surface area contributed by atoms with Crippen molar-refractivity contribution in [2.24, 2.45) is 4.99 Å². The van der Waals surface area contributed by atoms with Crippen molar-refractivity contribution in [3.63, 3.8) is 0 Å². The van der Waals surface area contributed by atoms with Crippen molar-refractivity contribution < 1.29 is 0 Å². The van der Waals surface area contributed by atoms with Crippen molar-refractivity contribution in [1.82, 2.24) is 4.98 Å². The lowest BCUT2D eigenvalue weighted by Gasteiger charge is -2.02. The first-order valence-electron chi connectivity index (χ1n) is 3.67. The molecule has 0 N–H and O–H groups in total. The molecular formula is C9H12N2. The number of pyridine rings is 1. The zero-order chi connectivity index (χ0) is 8.10. The lowest BCUT2D eigenvalue weighted by Crippen LogP contribution is -1.94. The summed E-state index contributed by atoms with van der Waals surface area (Å²) in [5, 5.41) is 0. The minimum Gasteiger partial charge on any atom is -0.300 e. The van der Waals surface area contributed by atoms with E-state index in [0.717, 1.165) is 0 Å². The van der Waals surface area contributed by atoms with Gasteiger partial charge in [0.1, 0.15) is 0 Å². The van der Waals surface area contributed by atoms with Crippen LogP contribution in [0.5, 0.6) is 0 Å². The van der Waals surface area contributed by atoms with Crippen molar-refractivity contribution in [3.8, 4) is 0 Å². The summed E-state index contributed by atoms with van der Waals surface area (Å²) in [7, 11) is 1.78. The number of aromatic nitrogens is 1. The first-order valence-corrected chi connectivity index (χ1v) is 3.67. The van der Waals surface area contributed by atoms with E-state index >= 15 is 0 Å². The second kappa shape index (κ2) is 3.86. The van der Waals surface area contributed by atoms with Gasteiger partial charge in [-0.1, -0.05) is 13.0 Å². The van der Waals surface area contributed by atoms with Gasteiger partial charge in [-0.05, 0) is 11.6 Å². The third-order valence-electron chi connectivity index (χ3n) is 1.58. The van der Waals surface area contributed by atoms with Gasteiger partial charge in [0.05, 0.1) is 0 Å². The van der Waals surface area contributed by atoms with E-state index in [4.69, 9.17) is 0 Å². The molecule has 58 valence electrons. The first-order chi connectivity index (χ1) is 5.34. The summed E-state index contributed by atoms with van der Waals surface area (Å²) in [6, 6.07) is 3.99. The smallest absolute Gasteiger partial charge is 0.0306 e. The molecule has 0 bridgehead atoms. The van der Waals surface area contributed by atoms with Crippen LogP contribution in [0, 0.1) is 0 Å². The number of rotatable bonds is 2. The lowest BCUT2D eigenvalue weighted by molar-refractivity contribution is 1.02. The van der Waals surface area contributed by atoms with Crippen LogP contribution < -0.4 is 0 Å². The third-order valence-corrected chi connectivity index (χ3v) is 1.58. The Morgan fingerprint density at radius 2 is 2.45 bits per heavy atom. The van der Waals surface area contributed by atoms with Crippen LogP contribution in [-0.4, -0.2) is 18.2 Å². The van der Waals surface area contributed by atoms with E-state index in [-0.39, 0.29) is 0 Å². The molecule has 1 atom stereocenters. The maximum atomic E-state index is 4.03. The minimum atomic E-state index is 0.369. The van der Waals surface area contributed by atoms with Crippen LogP contribution in [0.15, 0.2) is 29.5 Å². The van der Waals surface area contributed by atoms with Gasteiger partial charge in [0.25, 0.3) is 0 Å². The molecular weight excluding hydrogens is 136 g/mol. The fourth-order valence-electron chi connectivity index (χ4n) is 0.955. The molecule has 1 heterocycles. The quantitative estimate of drug-likeness (QED) is 0.588. The van der Waals surface area contributed by atoms with Crippen molar-refractivity contribution in [2.75, 3.05) is 7.05 Å². The number of hydrogen-bond donors (Lipinski definition) is 0. The maximum Gasteiger partial charge on any atom is 0.0306 e. The fourth-order valence-corrected chi connectivity index (χ4v) is 0.955. The highest BCUT2D eigenvalue weighted by Crippen LogP contribution is 2.09. The minimum absolute atomic E-state index is 0.369.